The summed E-state index contributed by atoms with van der Waals surface area (Å²) in [7, 11) is 1.70. The van der Waals surface area contributed by atoms with Crippen molar-refractivity contribution in [3.8, 4) is 0 Å². The summed E-state index contributed by atoms with van der Waals surface area (Å²) >= 11 is 0. The van der Waals surface area contributed by atoms with Gasteiger partial charge in [-0.05, 0) is 44.5 Å². The average Bonchev–Trinajstić information content (AvgIpc) is 2.48. The molecule has 1 saturated heterocycles. The second-order valence-corrected chi connectivity index (χ2v) is 5.65. The van der Waals surface area contributed by atoms with E-state index < -0.39 is 11.6 Å². The number of likely N-dealkylation sites (tertiary alicyclic amines) is 1. The first-order valence-corrected chi connectivity index (χ1v) is 7.55. The van der Waals surface area contributed by atoms with Crippen LogP contribution in [-0.4, -0.2) is 44.8 Å². The number of hydrogen-bond donors (Lipinski definition) is 1. The molecule has 0 atom stereocenters. The Balaban J connectivity index is 1.71. The van der Waals surface area contributed by atoms with Crippen molar-refractivity contribution in [3.63, 3.8) is 0 Å². The Hall–Kier alpha value is -1.04. The van der Waals surface area contributed by atoms with E-state index in [1.54, 1.807) is 13.2 Å². The van der Waals surface area contributed by atoms with E-state index in [0.29, 0.717) is 18.0 Å². The number of piperidine rings is 1. The summed E-state index contributed by atoms with van der Waals surface area (Å²) in [6.45, 7) is 5.14. The molecule has 1 aliphatic rings. The fourth-order valence-corrected chi connectivity index (χ4v) is 2.72. The van der Waals surface area contributed by atoms with Crippen LogP contribution in [0.4, 0.5) is 8.78 Å². The number of rotatable bonds is 7. The van der Waals surface area contributed by atoms with Gasteiger partial charge in [0, 0.05) is 31.8 Å². The SMILES string of the molecule is COCCNCC1CCN(Cc2ccc(F)cc2F)CC1. The Morgan fingerprint density at radius 1 is 1.29 bits per heavy atom. The molecule has 0 aliphatic carbocycles. The molecular formula is C16H24F2N2O. The maximum atomic E-state index is 13.6. The van der Waals surface area contributed by atoms with Crippen molar-refractivity contribution in [2.75, 3.05) is 39.9 Å². The highest BCUT2D eigenvalue weighted by atomic mass is 19.1. The van der Waals surface area contributed by atoms with E-state index in [0.717, 1.165) is 51.7 Å². The van der Waals surface area contributed by atoms with E-state index in [1.165, 1.54) is 6.07 Å². The number of hydrogen-bond acceptors (Lipinski definition) is 3. The van der Waals surface area contributed by atoms with E-state index in [2.05, 4.69) is 10.2 Å². The van der Waals surface area contributed by atoms with Crippen molar-refractivity contribution in [1.82, 2.24) is 10.2 Å². The number of ether oxygens (including phenoxy) is 1. The quantitative estimate of drug-likeness (QED) is 0.782. The van der Waals surface area contributed by atoms with Gasteiger partial charge < -0.3 is 10.1 Å². The van der Waals surface area contributed by atoms with Gasteiger partial charge >= 0.3 is 0 Å². The Morgan fingerprint density at radius 3 is 2.71 bits per heavy atom. The summed E-state index contributed by atoms with van der Waals surface area (Å²) in [4.78, 5) is 2.24. The molecule has 0 spiro atoms. The molecule has 1 heterocycles. The van der Waals surface area contributed by atoms with Crippen molar-refractivity contribution in [2.45, 2.75) is 19.4 Å². The summed E-state index contributed by atoms with van der Waals surface area (Å²) in [6, 6.07) is 3.83. The third kappa shape index (κ3) is 5.34. The predicted octanol–water partition coefficient (Wildman–Crippen LogP) is 2.41. The highest BCUT2D eigenvalue weighted by molar-refractivity contribution is 5.18. The topological polar surface area (TPSA) is 24.5 Å². The largest absolute Gasteiger partial charge is 0.383 e. The number of benzene rings is 1. The second kappa shape index (κ2) is 8.41. The molecule has 1 fully saturated rings. The Bertz CT molecular complexity index is 434. The van der Waals surface area contributed by atoms with E-state index in [9.17, 15) is 8.78 Å². The molecule has 5 heteroatoms. The summed E-state index contributed by atoms with van der Waals surface area (Å²) in [6.07, 6.45) is 2.23. The van der Waals surface area contributed by atoms with Crippen LogP contribution < -0.4 is 5.32 Å². The predicted molar refractivity (Wildman–Crippen MR) is 79.1 cm³/mol. The van der Waals surface area contributed by atoms with Gasteiger partial charge in [-0.3, -0.25) is 4.90 Å². The van der Waals surface area contributed by atoms with Crippen LogP contribution in [0.2, 0.25) is 0 Å². The summed E-state index contributed by atoms with van der Waals surface area (Å²) in [5.74, 6) is -0.286. The van der Waals surface area contributed by atoms with Gasteiger partial charge in [-0.1, -0.05) is 6.07 Å². The molecule has 1 aromatic carbocycles. The van der Waals surface area contributed by atoms with E-state index in [4.69, 9.17) is 4.74 Å². The second-order valence-electron chi connectivity index (χ2n) is 5.65. The van der Waals surface area contributed by atoms with Crippen molar-refractivity contribution in [1.29, 1.82) is 0 Å². The molecular weight excluding hydrogens is 274 g/mol. The van der Waals surface area contributed by atoms with Gasteiger partial charge in [0.25, 0.3) is 0 Å². The molecule has 0 unspecified atom stereocenters. The minimum Gasteiger partial charge on any atom is -0.383 e. The molecule has 2 rings (SSSR count). The molecule has 3 nitrogen and oxygen atoms in total. The Labute approximate surface area is 125 Å². The lowest BCUT2D eigenvalue weighted by atomic mass is 9.96. The van der Waals surface area contributed by atoms with Gasteiger partial charge in [-0.25, -0.2) is 8.78 Å². The van der Waals surface area contributed by atoms with Crippen LogP contribution in [-0.2, 0) is 11.3 Å². The van der Waals surface area contributed by atoms with Crippen LogP contribution in [0.5, 0.6) is 0 Å². The smallest absolute Gasteiger partial charge is 0.130 e. The van der Waals surface area contributed by atoms with Gasteiger partial charge in [-0.15, -0.1) is 0 Å². The normalized spacial score (nSPS) is 17.3. The number of halogens is 2. The zero-order valence-corrected chi connectivity index (χ0v) is 12.6. The minimum atomic E-state index is -0.517. The van der Waals surface area contributed by atoms with Crippen molar-refractivity contribution < 1.29 is 13.5 Å². The highest BCUT2D eigenvalue weighted by Gasteiger charge is 2.19. The minimum absolute atomic E-state index is 0.446. The Kier molecular flexibility index (Phi) is 6.54. The number of methoxy groups -OCH3 is 1. The highest BCUT2D eigenvalue weighted by Crippen LogP contribution is 2.19. The Morgan fingerprint density at radius 2 is 2.05 bits per heavy atom. The summed E-state index contributed by atoms with van der Waals surface area (Å²) < 4.78 is 31.5. The van der Waals surface area contributed by atoms with Gasteiger partial charge in [0.2, 0.25) is 0 Å². The van der Waals surface area contributed by atoms with Crippen molar-refractivity contribution in [2.24, 2.45) is 5.92 Å². The fraction of sp³-hybridized carbons (Fsp3) is 0.625. The number of nitrogens with one attached hydrogen (secondary N) is 1. The first-order chi connectivity index (χ1) is 10.2. The first kappa shape index (κ1) is 16.3. The maximum absolute atomic E-state index is 13.6. The lowest BCUT2D eigenvalue weighted by molar-refractivity contribution is 0.167. The molecule has 118 valence electrons. The van der Waals surface area contributed by atoms with Crippen LogP contribution in [0.25, 0.3) is 0 Å². The molecule has 0 amide bonds. The van der Waals surface area contributed by atoms with Crippen molar-refractivity contribution >= 4 is 0 Å². The van der Waals surface area contributed by atoms with E-state index >= 15 is 0 Å². The van der Waals surface area contributed by atoms with E-state index in [1.807, 2.05) is 0 Å². The number of nitrogens with zero attached hydrogens (tertiary/aromatic N) is 1. The zero-order valence-electron chi connectivity index (χ0n) is 12.6. The standard InChI is InChI=1S/C16H24F2N2O/c1-21-9-6-19-11-13-4-7-20(8-5-13)12-14-2-3-15(17)10-16(14)18/h2-3,10,13,19H,4-9,11-12H2,1H3. The monoisotopic (exact) mass is 298 g/mol. The van der Waals surface area contributed by atoms with Crippen LogP contribution >= 0.6 is 0 Å². The molecule has 0 bridgehead atoms. The van der Waals surface area contributed by atoms with Gasteiger partial charge in [0.15, 0.2) is 0 Å². The molecule has 1 aromatic rings. The lowest BCUT2D eigenvalue weighted by Gasteiger charge is -2.32. The summed E-state index contributed by atoms with van der Waals surface area (Å²) in [5, 5.41) is 3.39. The maximum Gasteiger partial charge on any atom is 0.130 e. The van der Waals surface area contributed by atoms with Crippen LogP contribution in [0, 0.1) is 17.6 Å². The average molecular weight is 298 g/mol. The zero-order chi connectivity index (χ0) is 15.1. The van der Waals surface area contributed by atoms with Gasteiger partial charge in [0.1, 0.15) is 11.6 Å². The molecule has 1 aliphatic heterocycles. The van der Waals surface area contributed by atoms with Crippen LogP contribution in [0.3, 0.4) is 0 Å². The third-order valence-corrected chi connectivity index (χ3v) is 4.03. The summed E-state index contributed by atoms with van der Waals surface area (Å²) in [5.41, 5.74) is 0.577. The van der Waals surface area contributed by atoms with Gasteiger partial charge in [0.05, 0.1) is 6.61 Å². The van der Waals surface area contributed by atoms with Gasteiger partial charge in [-0.2, -0.15) is 0 Å². The first-order valence-electron chi connectivity index (χ1n) is 7.55. The van der Waals surface area contributed by atoms with Crippen LogP contribution in [0.1, 0.15) is 18.4 Å². The fourth-order valence-electron chi connectivity index (χ4n) is 2.72. The molecule has 0 saturated carbocycles. The molecule has 1 N–H and O–H groups in total. The molecule has 21 heavy (non-hydrogen) atoms. The van der Waals surface area contributed by atoms with Crippen LogP contribution in [0.15, 0.2) is 18.2 Å². The lowest BCUT2D eigenvalue weighted by Crippen LogP contribution is -2.37. The molecule has 0 radical (unpaired) electrons. The molecule has 0 aromatic heterocycles. The van der Waals surface area contributed by atoms with E-state index in [-0.39, 0.29) is 0 Å². The van der Waals surface area contributed by atoms with Crippen molar-refractivity contribution in [3.05, 3.63) is 35.4 Å². The third-order valence-electron chi connectivity index (χ3n) is 4.03.